The van der Waals surface area contributed by atoms with Crippen molar-refractivity contribution in [2.75, 3.05) is 6.61 Å². The molecule has 1 fully saturated rings. The summed E-state index contributed by atoms with van der Waals surface area (Å²) >= 11 is 0. The van der Waals surface area contributed by atoms with Crippen LogP contribution in [-0.2, 0) is 4.74 Å². The highest BCUT2D eigenvalue weighted by Gasteiger charge is 2.44. The zero-order chi connectivity index (χ0) is 9.95. The highest BCUT2D eigenvalue weighted by molar-refractivity contribution is 6.79. The first-order chi connectivity index (χ1) is 6.02. The molecule has 0 radical (unpaired) electrons. The van der Waals surface area contributed by atoms with Gasteiger partial charge in [-0.2, -0.15) is 0 Å². The molecule has 0 aromatic heterocycles. The molecule has 0 N–H and O–H groups in total. The van der Waals surface area contributed by atoms with E-state index in [1.165, 1.54) is 12.8 Å². The maximum atomic E-state index is 5.96. The Morgan fingerprint density at radius 1 is 1.23 bits per heavy atom. The van der Waals surface area contributed by atoms with Crippen molar-refractivity contribution in [3.05, 3.63) is 0 Å². The Labute approximate surface area is 82.9 Å². The van der Waals surface area contributed by atoms with Crippen molar-refractivity contribution in [2.24, 2.45) is 0 Å². The fourth-order valence-electron chi connectivity index (χ4n) is 1.87. The summed E-state index contributed by atoms with van der Waals surface area (Å²) in [6, 6.07) is 0. The van der Waals surface area contributed by atoms with Crippen molar-refractivity contribution in [3.8, 4) is 11.8 Å². The minimum atomic E-state index is -1.32. The Balaban J connectivity index is 2.90. The summed E-state index contributed by atoms with van der Waals surface area (Å²) in [7, 11) is -1.32. The van der Waals surface area contributed by atoms with Crippen LogP contribution in [0.25, 0.3) is 0 Å². The molecule has 0 amide bonds. The van der Waals surface area contributed by atoms with E-state index in [1.54, 1.807) is 0 Å². The summed E-state index contributed by atoms with van der Waals surface area (Å²) in [5.74, 6) is 6.37. The van der Waals surface area contributed by atoms with Gasteiger partial charge in [0.15, 0.2) is 0 Å². The number of rotatable bonds is 1. The maximum absolute atomic E-state index is 5.96. The molecule has 0 saturated carbocycles. The molecule has 1 rings (SSSR count). The molecular formula is C11H20OSi. The second-order valence-electron chi connectivity index (χ2n) is 4.76. The second-order valence-corrected chi connectivity index (χ2v) is 10.1. The van der Waals surface area contributed by atoms with Crippen molar-refractivity contribution < 1.29 is 4.74 Å². The first-order valence-corrected chi connectivity index (χ1v) is 8.60. The Kier molecular flexibility index (Phi) is 3.21. The topological polar surface area (TPSA) is 9.23 Å². The highest BCUT2D eigenvalue weighted by Crippen LogP contribution is 2.33. The van der Waals surface area contributed by atoms with Crippen molar-refractivity contribution in [1.82, 2.24) is 0 Å². The zero-order valence-corrected chi connectivity index (χ0v) is 10.2. The molecule has 0 aromatic carbocycles. The molecule has 0 spiro atoms. The smallest absolute Gasteiger partial charge is 0.115 e. The summed E-state index contributed by atoms with van der Waals surface area (Å²) in [6.45, 7) is 9.87. The van der Waals surface area contributed by atoms with E-state index in [2.05, 4.69) is 31.5 Å². The summed E-state index contributed by atoms with van der Waals surface area (Å²) in [6.07, 6.45) is 3.63. The maximum Gasteiger partial charge on any atom is 0.115 e. The highest BCUT2D eigenvalue weighted by atomic mass is 28.3. The second kappa shape index (κ2) is 3.85. The molecule has 1 aliphatic heterocycles. The zero-order valence-electron chi connectivity index (χ0n) is 9.24. The average molecular weight is 196 g/mol. The molecule has 1 nitrogen and oxygen atoms in total. The molecule has 1 saturated heterocycles. The van der Waals surface area contributed by atoms with E-state index in [1.807, 2.05) is 6.92 Å². The third-order valence-corrected chi connectivity index (χ3v) is 5.75. The van der Waals surface area contributed by atoms with Gasteiger partial charge in [-0.15, -0.1) is 5.92 Å². The van der Waals surface area contributed by atoms with Crippen LogP contribution in [0.4, 0.5) is 0 Å². The summed E-state index contributed by atoms with van der Waals surface area (Å²) in [4.78, 5) is 0. The number of hydrogen-bond donors (Lipinski definition) is 0. The fourth-order valence-corrected chi connectivity index (χ4v) is 3.84. The van der Waals surface area contributed by atoms with Crippen LogP contribution in [0.1, 0.15) is 26.2 Å². The monoisotopic (exact) mass is 196 g/mol. The van der Waals surface area contributed by atoms with Crippen LogP contribution in [0.2, 0.25) is 19.6 Å². The van der Waals surface area contributed by atoms with Gasteiger partial charge in [-0.3, -0.25) is 0 Å². The standard InChI is InChI=1S/C11H20OSi/c1-5-8-11(13(2,3)4)9-6-7-10-12-11/h6-7,9-10H2,1-4H3. The van der Waals surface area contributed by atoms with Gasteiger partial charge >= 0.3 is 0 Å². The fraction of sp³-hybridized carbons (Fsp3) is 0.818. The number of ether oxygens (including phenoxy) is 1. The van der Waals surface area contributed by atoms with Gasteiger partial charge in [0, 0.05) is 6.61 Å². The summed E-state index contributed by atoms with van der Waals surface area (Å²) < 4.78 is 5.96. The van der Waals surface area contributed by atoms with Gasteiger partial charge in [-0.25, -0.2) is 0 Å². The van der Waals surface area contributed by atoms with Gasteiger partial charge in [-0.1, -0.05) is 25.6 Å². The molecule has 74 valence electrons. The molecule has 1 heterocycles. The minimum absolute atomic E-state index is 0.0556. The van der Waals surface area contributed by atoms with Crippen molar-refractivity contribution in [3.63, 3.8) is 0 Å². The lowest BCUT2D eigenvalue weighted by Gasteiger charge is -2.42. The van der Waals surface area contributed by atoms with Crippen LogP contribution < -0.4 is 0 Å². The largest absolute Gasteiger partial charge is 0.366 e. The first kappa shape index (κ1) is 10.8. The summed E-state index contributed by atoms with van der Waals surface area (Å²) in [5, 5.41) is -0.0556. The molecule has 13 heavy (non-hydrogen) atoms. The van der Waals surface area contributed by atoms with E-state index in [0.717, 1.165) is 13.0 Å². The van der Waals surface area contributed by atoms with Gasteiger partial charge in [0.25, 0.3) is 0 Å². The molecule has 0 bridgehead atoms. The molecular weight excluding hydrogens is 176 g/mol. The molecule has 1 unspecified atom stereocenters. The Bertz CT molecular complexity index is 223. The molecule has 0 aliphatic carbocycles. The normalized spacial score (nSPS) is 29.2. The van der Waals surface area contributed by atoms with Crippen LogP contribution in [0.15, 0.2) is 0 Å². The van der Waals surface area contributed by atoms with Gasteiger partial charge in [-0.05, 0) is 26.2 Å². The van der Waals surface area contributed by atoms with Gasteiger partial charge in [0.1, 0.15) is 5.22 Å². The van der Waals surface area contributed by atoms with E-state index in [9.17, 15) is 0 Å². The Hall–Kier alpha value is -0.263. The van der Waals surface area contributed by atoms with Crippen LogP contribution in [-0.4, -0.2) is 19.9 Å². The number of hydrogen-bond acceptors (Lipinski definition) is 1. The molecule has 2 heteroatoms. The lowest BCUT2D eigenvalue weighted by atomic mass is 10.1. The van der Waals surface area contributed by atoms with Crippen molar-refractivity contribution in [1.29, 1.82) is 0 Å². The van der Waals surface area contributed by atoms with E-state index >= 15 is 0 Å². The predicted molar refractivity (Wildman–Crippen MR) is 59.3 cm³/mol. The third kappa shape index (κ3) is 2.15. The summed E-state index contributed by atoms with van der Waals surface area (Å²) in [5.41, 5.74) is 0. The molecule has 0 aromatic rings. The third-order valence-electron chi connectivity index (χ3n) is 2.81. The first-order valence-electron chi connectivity index (χ1n) is 5.10. The Morgan fingerprint density at radius 2 is 1.92 bits per heavy atom. The van der Waals surface area contributed by atoms with E-state index in [0.29, 0.717) is 0 Å². The van der Waals surface area contributed by atoms with Crippen LogP contribution in [0.3, 0.4) is 0 Å². The van der Waals surface area contributed by atoms with Crippen molar-refractivity contribution in [2.45, 2.75) is 51.1 Å². The van der Waals surface area contributed by atoms with E-state index < -0.39 is 8.07 Å². The van der Waals surface area contributed by atoms with Crippen LogP contribution >= 0.6 is 0 Å². The van der Waals surface area contributed by atoms with Gasteiger partial charge < -0.3 is 4.74 Å². The SMILES string of the molecule is CC#CC1([Si](C)(C)C)CCCCO1. The molecule has 1 atom stereocenters. The van der Waals surface area contributed by atoms with Crippen LogP contribution in [0.5, 0.6) is 0 Å². The Morgan fingerprint density at radius 3 is 2.31 bits per heavy atom. The van der Waals surface area contributed by atoms with Crippen molar-refractivity contribution >= 4 is 8.07 Å². The lowest BCUT2D eigenvalue weighted by Crippen LogP contribution is -2.54. The average Bonchev–Trinajstić information content (AvgIpc) is 2.04. The quantitative estimate of drug-likeness (QED) is 0.463. The van der Waals surface area contributed by atoms with Crippen LogP contribution in [0, 0.1) is 11.8 Å². The van der Waals surface area contributed by atoms with Gasteiger partial charge in [0.05, 0.1) is 8.07 Å². The molecule has 1 aliphatic rings. The van der Waals surface area contributed by atoms with Gasteiger partial charge in [0.2, 0.25) is 0 Å². The lowest BCUT2D eigenvalue weighted by molar-refractivity contribution is 0.0139. The van der Waals surface area contributed by atoms with E-state index in [4.69, 9.17) is 4.74 Å². The van der Waals surface area contributed by atoms with E-state index in [-0.39, 0.29) is 5.22 Å². The minimum Gasteiger partial charge on any atom is -0.366 e. The predicted octanol–water partition coefficient (Wildman–Crippen LogP) is 2.83.